The Morgan fingerprint density at radius 2 is 1.83 bits per heavy atom. The molecule has 2 fully saturated rings. The first kappa shape index (κ1) is 8.55. The molecule has 0 spiro atoms. The summed E-state index contributed by atoms with van der Waals surface area (Å²) in [7, 11) is 0. The molecule has 1 heterocycles. The smallest absolute Gasteiger partial charge is 0.0126 e. The minimum Gasteiger partial charge on any atom is -0.298 e. The lowest BCUT2D eigenvalue weighted by Gasteiger charge is -2.40. The zero-order chi connectivity index (χ0) is 8.55. The molecule has 0 aromatic heterocycles. The lowest BCUT2D eigenvalue weighted by molar-refractivity contribution is 0.0822. The van der Waals surface area contributed by atoms with Crippen LogP contribution in [0.1, 0.15) is 46.0 Å². The zero-order valence-corrected chi connectivity index (χ0v) is 8.42. The highest BCUT2D eigenvalue weighted by atomic mass is 15.2. The van der Waals surface area contributed by atoms with Gasteiger partial charge in [0, 0.05) is 12.1 Å². The minimum absolute atomic E-state index is 0.774. The fourth-order valence-electron chi connectivity index (χ4n) is 3.13. The number of piperidine rings is 1. The predicted octanol–water partition coefficient (Wildman–Crippen LogP) is 2.66. The van der Waals surface area contributed by atoms with Crippen LogP contribution < -0.4 is 0 Å². The second-order valence-corrected chi connectivity index (χ2v) is 4.73. The van der Waals surface area contributed by atoms with Crippen LogP contribution in [0.3, 0.4) is 0 Å². The summed E-state index contributed by atoms with van der Waals surface area (Å²) in [6.07, 6.45) is 7.42. The van der Waals surface area contributed by atoms with Gasteiger partial charge in [0.1, 0.15) is 0 Å². The van der Waals surface area contributed by atoms with Gasteiger partial charge in [0.2, 0.25) is 0 Å². The number of hydrogen-bond donors (Lipinski definition) is 0. The molecule has 12 heavy (non-hydrogen) atoms. The van der Waals surface area contributed by atoms with Crippen molar-refractivity contribution in [3.63, 3.8) is 0 Å². The van der Waals surface area contributed by atoms with E-state index in [2.05, 4.69) is 18.7 Å². The molecule has 0 aromatic carbocycles. The Hall–Kier alpha value is -0.0400. The molecular weight excluding hydrogens is 146 g/mol. The van der Waals surface area contributed by atoms with Gasteiger partial charge in [-0.15, -0.1) is 0 Å². The zero-order valence-electron chi connectivity index (χ0n) is 8.42. The van der Waals surface area contributed by atoms with Crippen molar-refractivity contribution in [2.75, 3.05) is 6.54 Å². The van der Waals surface area contributed by atoms with Crippen molar-refractivity contribution in [3.05, 3.63) is 0 Å². The number of likely N-dealkylation sites (tertiary alicyclic amines) is 1. The summed E-state index contributed by atoms with van der Waals surface area (Å²) in [6, 6.07) is 1.73. The van der Waals surface area contributed by atoms with Crippen molar-refractivity contribution in [2.45, 2.75) is 58.0 Å². The molecule has 0 N–H and O–H groups in total. The van der Waals surface area contributed by atoms with Crippen LogP contribution in [0.5, 0.6) is 0 Å². The van der Waals surface area contributed by atoms with Gasteiger partial charge in [0.25, 0.3) is 0 Å². The summed E-state index contributed by atoms with van der Waals surface area (Å²) in [5.74, 6) is 1.06. The number of hydrogen-bond acceptors (Lipinski definition) is 1. The third kappa shape index (κ3) is 1.39. The average molecular weight is 167 g/mol. The molecule has 1 nitrogen and oxygen atoms in total. The second-order valence-electron chi connectivity index (χ2n) is 4.73. The molecule has 2 unspecified atom stereocenters. The van der Waals surface area contributed by atoms with E-state index >= 15 is 0 Å². The van der Waals surface area contributed by atoms with Crippen LogP contribution in [0.4, 0.5) is 0 Å². The molecule has 1 aliphatic carbocycles. The SMILES string of the molecule is CC(C)N1CCCC2CCCC21. The Bertz CT molecular complexity index is 153. The fraction of sp³-hybridized carbons (Fsp3) is 1.00. The molecule has 2 aliphatic rings. The number of nitrogens with zero attached hydrogens (tertiary/aromatic N) is 1. The number of fused-ring (bicyclic) bond motifs is 1. The molecule has 0 aromatic rings. The molecule has 1 saturated heterocycles. The molecule has 2 atom stereocenters. The van der Waals surface area contributed by atoms with E-state index in [1.54, 1.807) is 0 Å². The van der Waals surface area contributed by atoms with Gasteiger partial charge in [0.15, 0.2) is 0 Å². The monoisotopic (exact) mass is 167 g/mol. The maximum Gasteiger partial charge on any atom is 0.0126 e. The maximum absolute atomic E-state index is 2.74. The van der Waals surface area contributed by atoms with Crippen molar-refractivity contribution >= 4 is 0 Å². The average Bonchev–Trinajstić information content (AvgIpc) is 2.49. The van der Waals surface area contributed by atoms with Crippen molar-refractivity contribution in [1.29, 1.82) is 0 Å². The molecule has 0 radical (unpaired) electrons. The van der Waals surface area contributed by atoms with E-state index in [0.29, 0.717) is 0 Å². The molecular formula is C11H21N. The minimum atomic E-state index is 0.774. The molecule has 70 valence electrons. The van der Waals surface area contributed by atoms with E-state index < -0.39 is 0 Å². The van der Waals surface area contributed by atoms with E-state index in [-0.39, 0.29) is 0 Å². The van der Waals surface area contributed by atoms with E-state index in [4.69, 9.17) is 0 Å². The Morgan fingerprint density at radius 1 is 1.08 bits per heavy atom. The van der Waals surface area contributed by atoms with Crippen LogP contribution in [0.2, 0.25) is 0 Å². The summed E-state index contributed by atoms with van der Waals surface area (Å²) in [5, 5.41) is 0. The third-order valence-corrected chi connectivity index (χ3v) is 3.70. The highest BCUT2D eigenvalue weighted by Gasteiger charge is 2.35. The van der Waals surface area contributed by atoms with E-state index in [9.17, 15) is 0 Å². The fourth-order valence-corrected chi connectivity index (χ4v) is 3.13. The first-order chi connectivity index (χ1) is 5.79. The van der Waals surface area contributed by atoms with Gasteiger partial charge in [-0.1, -0.05) is 6.42 Å². The van der Waals surface area contributed by atoms with Gasteiger partial charge in [0.05, 0.1) is 0 Å². The Kier molecular flexibility index (Phi) is 2.40. The molecule has 1 heteroatoms. The van der Waals surface area contributed by atoms with Crippen LogP contribution in [0.15, 0.2) is 0 Å². The van der Waals surface area contributed by atoms with E-state index in [1.165, 1.54) is 38.6 Å². The normalized spacial score (nSPS) is 37.2. The van der Waals surface area contributed by atoms with E-state index in [0.717, 1.165) is 18.0 Å². The topological polar surface area (TPSA) is 3.24 Å². The standard InChI is InChI=1S/C11H21N/c1-9(2)12-8-4-6-10-5-3-7-11(10)12/h9-11H,3-8H2,1-2H3. The highest BCUT2D eigenvalue weighted by molar-refractivity contribution is 4.90. The second kappa shape index (κ2) is 3.37. The largest absolute Gasteiger partial charge is 0.298 e. The Morgan fingerprint density at radius 3 is 2.58 bits per heavy atom. The maximum atomic E-state index is 2.74. The van der Waals surface area contributed by atoms with Gasteiger partial charge in [-0.3, -0.25) is 4.90 Å². The van der Waals surface area contributed by atoms with Gasteiger partial charge in [-0.25, -0.2) is 0 Å². The molecule has 0 amide bonds. The van der Waals surface area contributed by atoms with Crippen molar-refractivity contribution < 1.29 is 0 Å². The van der Waals surface area contributed by atoms with Crippen molar-refractivity contribution in [1.82, 2.24) is 4.90 Å². The first-order valence-electron chi connectivity index (χ1n) is 5.55. The van der Waals surface area contributed by atoms with Crippen molar-refractivity contribution in [2.24, 2.45) is 5.92 Å². The van der Waals surface area contributed by atoms with Crippen molar-refractivity contribution in [3.8, 4) is 0 Å². The first-order valence-corrected chi connectivity index (χ1v) is 5.55. The summed E-state index contributed by atoms with van der Waals surface area (Å²) in [6.45, 7) is 6.06. The lowest BCUT2D eigenvalue weighted by atomic mass is 9.91. The van der Waals surface area contributed by atoms with E-state index in [1.807, 2.05) is 0 Å². The predicted molar refractivity (Wildman–Crippen MR) is 52.2 cm³/mol. The van der Waals surface area contributed by atoms with Crippen LogP contribution in [0.25, 0.3) is 0 Å². The van der Waals surface area contributed by atoms with Gasteiger partial charge >= 0.3 is 0 Å². The molecule has 2 rings (SSSR count). The summed E-state index contributed by atoms with van der Waals surface area (Å²) in [5.41, 5.74) is 0. The molecule has 1 saturated carbocycles. The van der Waals surface area contributed by atoms with Gasteiger partial charge < -0.3 is 0 Å². The van der Waals surface area contributed by atoms with Gasteiger partial charge in [-0.05, 0) is 52.0 Å². The quantitative estimate of drug-likeness (QED) is 0.580. The summed E-state index contributed by atoms with van der Waals surface area (Å²) in [4.78, 5) is 2.74. The summed E-state index contributed by atoms with van der Waals surface area (Å²) >= 11 is 0. The lowest BCUT2D eigenvalue weighted by Crippen LogP contribution is -2.46. The molecule has 0 bridgehead atoms. The van der Waals surface area contributed by atoms with Gasteiger partial charge in [-0.2, -0.15) is 0 Å². The van der Waals surface area contributed by atoms with Crippen LogP contribution in [-0.4, -0.2) is 23.5 Å². The Balaban J connectivity index is 2.03. The third-order valence-electron chi connectivity index (χ3n) is 3.70. The number of rotatable bonds is 1. The summed E-state index contributed by atoms with van der Waals surface area (Å²) < 4.78 is 0. The van der Waals surface area contributed by atoms with Crippen LogP contribution in [0, 0.1) is 5.92 Å². The Labute approximate surface area is 76.1 Å². The highest BCUT2D eigenvalue weighted by Crippen LogP contribution is 2.37. The van der Waals surface area contributed by atoms with Crippen LogP contribution in [-0.2, 0) is 0 Å². The van der Waals surface area contributed by atoms with Crippen LogP contribution >= 0.6 is 0 Å². The molecule has 1 aliphatic heterocycles.